The molecule has 0 aliphatic rings. The van der Waals surface area contributed by atoms with Gasteiger partial charge in [-0.1, -0.05) is 36.4 Å². The van der Waals surface area contributed by atoms with Gasteiger partial charge in [0.1, 0.15) is 5.66 Å². The number of benzene rings is 1. The Balaban J connectivity index is 2.43. The van der Waals surface area contributed by atoms with E-state index in [0.29, 0.717) is 11.1 Å². The average molecular weight is 279 g/mol. The Hall–Kier alpha value is -1.52. The van der Waals surface area contributed by atoms with Gasteiger partial charge in [0.25, 0.3) is 0 Å². The summed E-state index contributed by atoms with van der Waals surface area (Å²) in [6.07, 6.45) is 1.58. The Kier molecular flexibility index (Phi) is 4.12. The Morgan fingerprint density at radius 2 is 1.63 bits per heavy atom. The Morgan fingerprint density at radius 1 is 1.00 bits per heavy atom. The van der Waals surface area contributed by atoms with Crippen LogP contribution >= 0.6 is 7.60 Å². The number of aliphatic hydroxyl groups is 1. The zero-order chi connectivity index (χ0) is 13.9. The lowest BCUT2D eigenvalue weighted by atomic mass is 10.0. The minimum atomic E-state index is -4.51. The second kappa shape index (κ2) is 5.63. The van der Waals surface area contributed by atoms with Crippen LogP contribution in [0.4, 0.5) is 0 Å². The maximum atomic E-state index is 11.7. The summed E-state index contributed by atoms with van der Waals surface area (Å²) >= 11 is 0. The molecular formula is C13H14NO4P. The monoisotopic (exact) mass is 279 g/mol. The van der Waals surface area contributed by atoms with Crippen LogP contribution < -0.4 is 0 Å². The van der Waals surface area contributed by atoms with Crippen LogP contribution in [-0.4, -0.2) is 19.9 Å². The zero-order valence-corrected chi connectivity index (χ0v) is 10.9. The van der Waals surface area contributed by atoms with Crippen LogP contribution in [0.2, 0.25) is 0 Å². The van der Waals surface area contributed by atoms with Crippen LogP contribution in [0.15, 0.2) is 54.9 Å². The second-order valence-corrected chi connectivity index (χ2v) is 5.91. The van der Waals surface area contributed by atoms with E-state index in [1.165, 1.54) is 12.4 Å². The smallest absolute Gasteiger partial charge is 0.336 e. The SMILES string of the molecule is O=P(O)(O)C(c1cccnc1)C(O)c1ccccc1. The highest BCUT2D eigenvalue weighted by atomic mass is 31.2. The first kappa shape index (κ1) is 13.9. The predicted molar refractivity (Wildman–Crippen MR) is 70.4 cm³/mol. The molecule has 0 spiro atoms. The third-order valence-electron chi connectivity index (χ3n) is 2.83. The Labute approximate surface area is 110 Å². The Bertz CT molecular complexity index is 570. The van der Waals surface area contributed by atoms with Crippen LogP contribution in [0.1, 0.15) is 22.9 Å². The van der Waals surface area contributed by atoms with Crippen molar-refractivity contribution in [3.05, 3.63) is 66.0 Å². The number of rotatable bonds is 4. The molecule has 2 rings (SSSR count). The number of pyridine rings is 1. The molecule has 1 aromatic carbocycles. The molecule has 0 aliphatic carbocycles. The van der Waals surface area contributed by atoms with Gasteiger partial charge in [-0.25, -0.2) is 0 Å². The van der Waals surface area contributed by atoms with Crippen molar-refractivity contribution in [1.82, 2.24) is 4.98 Å². The molecule has 0 bridgehead atoms. The summed E-state index contributed by atoms with van der Waals surface area (Å²) in [6.45, 7) is 0. The highest BCUT2D eigenvalue weighted by molar-refractivity contribution is 7.52. The van der Waals surface area contributed by atoms with E-state index in [4.69, 9.17) is 0 Å². The molecule has 100 valence electrons. The maximum absolute atomic E-state index is 11.7. The number of hydrogen-bond donors (Lipinski definition) is 3. The summed E-state index contributed by atoms with van der Waals surface area (Å²) in [5.41, 5.74) is -0.546. The van der Waals surface area contributed by atoms with Crippen LogP contribution in [0.5, 0.6) is 0 Å². The first-order valence-corrected chi connectivity index (χ1v) is 7.36. The molecule has 0 amide bonds. The van der Waals surface area contributed by atoms with Crippen molar-refractivity contribution in [3.8, 4) is 0 Å². The van der Waals surface area contributed by atoms with Gasteiger partial charge in [-0.05, 0) is 17.2 Å². The van der Waals surface area contributed by atoms with Crippen LogP contribution in [0.25, 0.3) is 0 Å². The number of hydrogen-bond acceptors (Lipinski definition) is 3. The maximum Gasteiger partial charge on any atom is 0.336 e. The van der Waals surface area contributed by atoms with Gasteiger partial charge in [0, 0.05) is 12.4 Å². The molecular weight excluding hydrogens is 265 g/mol. The van der Waals surface area contributed by atoms with Crippen LogP contribution in [0, 0.1) is 0 Å². The van der Waals surface area contributed by atoms with Crippen molar-refractivity contribution >= 4 is 7.60 Å². The summed E-state index contributed by atoms with van der Waals surface area (Å²) < 4.78 is 11.7. The molecule has 0 aliphatic heterocycles. The summed E-state index contributed by atoms with van der Waals surface area (Å²) in [6, 6.07) is 11.6. The molecule has 5 nitrogen and oxygen atoms in total. The first-order chi connectivity index (χ1) is 9.00. The Morgan fingerprint density at radius 3 is 2.16 bits per heavy atom. The number of aromatic nitrogens is 1. The van der Waals surface area contributed by atoms with Gasteiger partial charge in [-0.3, -0.25) is 9.55 Å². The minimum Gasteiger partial charge on any atom is -0.387 e. The molecule has 0 radical (unpaired) electrons. The molecule has 0 fully saturated rings. The van der Waals surface area contributed by atoms with Gasteiger partial charge >= 0.3 is 7.60 Å². The lowest BCUT2D eigenvalue weighted by Crippen LogP contribution is -2.11. The van der Waals surface area contributed by atoms with E-state index in [1.807, 2.05) is 0 Å². The van der Waals surface area contributed by atoms with E-state index >= 15 is 0 Å². The molecule has 0 saturated carbocycles. The standard InChI is InChI=1S/C13H14NO4P/c15-12(10-5-2-1-3-6-10)13(19(16,17)18)11-7-4-8-14-9-11/h1-9,12-13,15H,(H2,16,17,18). The van der Waals surface area contributed by atoms with Gasteiger partial charge in [-0.2, -0.15) is 0 Å². The molecule has 2 aromatic rings. The van der Waals surface area contributed by atoms with E-state index in [0.717, 1.165) is 0 Å². The first-order valence-electron chi connectivity index (χ1n) is 5.68. The van der Waals surface area contributed by atoms with Gasteiger partial charge in [-0.15, -0.1) is 0 Å². The van der Waals surface area contributed by atoms with Gasteiger partial charge < -0.3 is 14.9 Å². The molecule has 2 unspecified atom stereocenters. The topological polar surface area (TPSA) is 90.7 Å². The van der Waals surface area contributed by atoms with Gasteiger partial charge in [0.2, 0.25) is 0 Å². The summed E-state index contributed by atoms with van der Waals surface area (Å²) in [5.74, 6) is 0. The van der Waals surface area contributed by atoms with E-state index in [9.17, 15) is 19.5 Å². The third-order valence-corrected chi connectivity index (χ3v) is 4.13. The fourth-order valence-corrected chi connectivity index (χ4v) is 3.02. The summed E-state index contributed by atoms with van der Waals surface area (Å²) in [7, 11) is -4.51. The van der Waals surface area contributed by atoms with Crippen molar-refractivity contribution in [2.45, 2.75) is 11.8 Å². The second-order valence-electron chi connectivity index (χ2n) is 4.18. The lowest BCUT2D eigenvalue weighted by molar-refractivity contribution is 0.158. The largest absolute Gasteiger partial charge is 0.387 e. The summed E-state index contributed by atoms with van der Waals surface area (Å²) in [5, 5.41) is 10.2. The van der Waals surface area contributed by atoms with E-state index in [2.05, 4.69) is 4.98 Å². The normalized spacial score (nSPS) is 14.9. The van der Waals surface area contributed by atoms with Crippen LogP contribution in [-0.2, 0) is 4.57 Å². The molecule has 6 heteroatoms. The predicted octanol–water partition coefficient (Wildman–Crippen LogP) is 2.03. The zero-order valence-electron chi connectivity index (χ0n) is 10.00. The molecule has 19 heavy (non-hydrogen) atoms. The van der Waals surface area contributed by atoms with E-state index in [1.54, 1.807) is 42.5 Å². The highest BCUT2D eigenvalue weighted by Crippen LogP contribution is 2.57. The van der Waals surface area contributed by atoms with Crippen molar-refractivity contribution in [2.75, 3.05) is 0 Å². The van der Waals surface area contributed by atoms with E-state index in [-0.39, 0.29) is 0 Å². The van der Waals surface area contributed by atoms with Gasteiger partial charge in [0.15, 0.2) is 0 Å². The van der Waals surface area contributed by atoms with Crippen molar-refractivity contribution in [2.24, 2.45) is 0 Å². The van der Waals surface area contributed by atoms with Crippen molar-refractivity contribution < 1.29 is 19.5 Å². The fraction of sp³-hybridized carbons (Fsp3) is 0.154. The molecule has 1 heterocycles. The number of aliphatic hydroxyl groups excluding tert-OH is 1. The fourth-order valence-electron chi connectivity index (χ4n) is 1.94. The van der Waals surface area contributed by atoms with Crippen molar-refractivity contribution in [1.29, 1.82) is 0 Å². The van der Waals surface area contributed by atoms with Crippen LogP contribution in [0.3, 0.4) is 0 Å². The minimum absolute atomic E-state index is 0.312. The average Bonchev–Trinajstić information content (AvgIpc) is 2.39. The third kappa shape index (κ3) is 3.28. The van der Waals surface area contributed by atoms with Gasteiger partial charge in [0.05, 0.1) is 6.10 Å². The quantitative estimate of drug-likeness (QED) is 0.745. The number of nitrogens with zero attached hydrogens (tertiary/aromatic N) is 1. The summed E-state index contributed by atoms with van der Waals surface area (Å²) in [4.78, 5) is 22.8. The molecule has 3 N–H and O–H groups in total. The molecule has 1 aromatic heterocycles. The molecule has 2 atom stereocenters. The van der Waals surface area contributed by atoms with Crippen molar-refractivity contribution in [3.63, 3.8) is 0 Å². The highest BCUT2D eigenvalue weighted by Gasteiger charge is 2.37. The lowest BCUT2D eigenvalue weighted by Gasteiger charge is -2.24. The molecule has 0 saturated heterocycles. The van der Waals surface area contributed by atoms with E-state index < -0.39 is 19.4 Å².